The molecule has 0 aliphatic carbocycles. The molecule has 0 atom stereocenters. The molecule has 0 saturated carbocycles. The van der Waals surface area contributed by atoms with Gasteiger partial charge in [-0.25, -0.2) is 0 Å². The van der Waals surface area contributed by atoms with Gasteiger partial charge in [0.15, 0.2) is 11.0 Å². The van der Waals surface area contributed by atoms with Gasteiger partial charge in [0.05, 0.1) is 19.4 Å². The van der Waals surface area contributed by atoms with E-state index in [1.54, 1.807) is 19.5 Å². The van der Waals surface area contributed by atoms with Gasteiger partial charge in [-0.1, -0.05) is 11.8 Å². The van der Waals surface area contributed by atoms with Crippen molar-refractivity contribution in [2.75, 3.05) is 26.5 Å². The van der Waals surface area contributed by atoms with Crippen LogP contribution >= 0.6 is 11.8 Å². The Morgan fingerprint density at radius 2 is 1.79 bits per heavy atom. The molecule has 9 nitrogen and oxygen atoms in total. The van der Waals surface area contributed by atoms with E-state index < -0.39 is 0 Å². The van der Waals surface area contributed by atoms with Gasteiger partial charge in [0.2, 0.25) is 11.8 Å². The van der Waals surface area contributed by atoms with Gasteiger partial charge in [0, 0.05) is 30.7 Å². The molecule has 0 aliphatic rings. The summed E-state index contributed by atoms with van der Waals surface area (Å²) in [6.45, 7) is -0.0661. The fraction of sp³-hybridized carbons (Fsp3) is 0.211. The molecule has 150 valence electrons. The van der Waals surface area contributed by atoms with Crippen LogP contribution in [0.4, 0.5) is 0 Å². The van der Waals surface area contributed by atoms with Crippen molar-refractivity contribution in [1.29, 1.82) is 0 Å². The first-order valence-electron chi connectivity index (χ1n) is 8.72. The molecule has 2 aromatic heterocycles. The lowest BCUT2D eigenvalue weighted by Gasteiger charge is -2.11. The highest BCUT2D eigenvalue weighted by Gasteiger charge is 2.17. The predicted octanol–water partition coefficient (Wildman–Crippen LogP) is 1.29. The Hall–Kier alpha value is -3.40. The highest BCUT2D eigenvalue weighted by molar-refractivity contribution is 7.99. The average molecular weight is 412 g/mol. The molecule has 10 heteroatoms. The maximum Gasteiger partial charge on any atom is 0.239 e. The molecule has 2 amide bonds. The molecule has 3 rings (SSSR count). The van der Waals surface area contributed by atoms with Crippen molar-refractivity contribution in [2.24, 2.45) is 0 Å². The van der Waals surface area contributed by atoms with Gasteiger partial charge < -0.3 is 15.4 Å². The first kappa shape index (κ1) is 20.3. The minimum absolute atomic E-state index is 0.0661. The van der Waals surface area contributed by atoms with Crippen LogP contribution in [0.2, 0.25) is 0 Å². The quantitative estimate of drug-likeness (QED) is 0.536. The lowest BCUT2D eigenvalue weighted by Crippen LogP contribution is -2.36. The highest BCUT2D eigenvalue weighted by Crippen LogP contribution is 2.28. The van der Waals surface area contributed by atoms with Crippen LogP contribution in [0.15, 0.2) is 53.9 Å². The number of carbonyl (C=O) groups excluding carboxylic acids is 2. The van der Waals surface area contributed by atoms with E-state index in [1.165, 1.54) is 18.8 Å². The van der Waals surface area contributed by atoms with Gasteiger partial charge in [-0.2, -0.15) is 0 Å². The van der Waals surface area contributed by atoms with E-state index in [4.69, 9.17) is 4.74 Å². The van der Waals surface area contributed by atoms with Crippen LogP contribution in [0.3, 0.4) is 0 Å². The van der Waals surface area contributed by atoms with Gasteiger partial charge in [0.25, 0.3) is 0 Å². The largest absolute Gasteiger partial charge is 0.497 e. The van der Waals surface area contributed by atoms with Crippen molar-refractivity contribution in [2.45, 2.75) is 5.16 Å². The van der Waals surface area contributed by atoms with Gasteiger partial charge >= 0.3 is 0 Å². The zero-order chi connectivity index (χ0) is 20.6. The minimum Gasteiger partial charge on any atom is -0.497 e. The number of ether oxygens (including phenoxy) is 1. The number of methoxy groups -OCH3 is 1. The molecular formula is C19H20N6O3S. The van der Waals surface area contributed by atoms with Crippen LogP contribution in [0, 0.1) is 0 Å². The summed E-state index contributed by atoms with van der Waals surface area (Å²) in [4.78, 5) is 27.4. The second-order valence-electron chi connectivity index (χ2n) is 5.81. The second kappa shape index (κ2) is 9.69. The molecule has 0 radical (unpaired) electrons. The fourth-order valence-electron chi connectivity index (χ4n) is 2.46. The van der Waals surface area contributed by atoms with E-state index in [0.29, 0.717) is 11.0 Å². The van der Waals surface area contributed by atoms with Crippen LogP contribution in [0.5, 0.6) is 5.75 Å². The van der Waals surface area contributed by atoms with E-state index in [0.717, 1.165) is 17.0 Å². The fourth-order valence-corrected chi connectivity index (χ4v) is 3.25. The average Bonchev–Trinajstić information content (AvgIpc) is 3.20. The SMILES string of the molecule is CNC(=O)CNC(=O)CSc1nnc(-c2ccncc2)n1-c1ccc(OC)cc1. The molecule has 0 fully saturated rings. The van der Waals surface area contributed by atoms with Gasteiger partial charge in [0.1, 0.15) is 5.75 Å². The van der Waals surface area contributed by atoms with E-state index in [2.05, 4.69) is 25.8 Å². The van der Waals surface area contributed by atoms with Crippen molar-refractivity contribution in [3.8, 4) is 22.8 Å². The maximum atomic E-state index is 12.1. The molecule has 2 heterocycles. The van der Waals surface area contributed by atoms with E-state index >= 15 is 0 Å². The summed E-state index contributed by atoms with van der Waals surface area (Å²) in [6, 6.07) is 11.2. The summed E-state index contributed by atoms with van der Waals surface area (Å²) in [5.41, 5.74) is 1.68. The number of benzene rings is 1. The first-order valence-corrected chi connectivity index (χ1v) is 9.71. The minimum atomic E-state index is -0.270. The molecule has 0 saturated heterocycles. The molecule has 0 bridgehead atoms. The molecule has 0 aliphatic heterocycles. The molecule has 1 aromatic carbocycles. The Morgan fingerprint density at radius 1 is 1.07 bits per heavy atom. The third kappa shape index (κ3) is 5.11. The first-order chi connectivity index (χ1) is 14.1. The van der Waals surface area contributed by atoms with Crippen LogP contribution in [0.1, 0.15) is 0 Å². The number of likely N-dealkylation sites (N-methyl/N-ethyl adjacent to an activating group) is 1. The molecule has 29 heavy (non-hydrogen) atoms. The monoisotopic (exact) mass is 412 g/mol. The zero-order valence-corrected chi connectivity index (χ0v) is 16.8. The third-order valence-electron chi connectivity index (χ3n) is 3.96. The number of hydrogen-bond donors (Lipinski definition) is 2. The van der Waals surface area contributed by atoms with Gasteiger partial charge in [-0.05, 0) is 36.4 Å². The standard InChI is InChI=1S/C19H20N6O3S/c1-20-16(26)11-22-17(27)12-29-19-24-23-18(13-7-9-21-10-8-13)25(19)14-3-5-15(28-2)6-4-14/h3-10H,11-12H2,1-2H3,(H,20,26)(H,22,27). The Kier molecular flexibility index (Phi) is 6.80. The van der Waals surface area contributed by atoms with Gasteiger partial charge in [-0.3, -0.25) is 19.1 Å². The summed E-state index contributed by atoms with van der Waals surface area (Å²) < 4.78 is 7.09. The van der Waals surface area contributed by atoms with Crippen molar-refractivity contribution >= 4 is 23.6 Å². The van der Waals surface area contributed by atoms with Crippen molar-refractivity contribution in [3.63, 3.8) is 0 Å². The predicted molar refractivity (Wildman–Crippen MR) is 109 cm³/mol. The molecule has 2 N–H and O–H groups in total. The maximum absolute atomic E-state index is 12.1. The number of carbonyl (C=O) groups is 2. The zero-order valence-electron chi connectivity index (χ0n) is 16.0. The number of aromatic nitrogens is 4. The number of thioether (sulfide) groups is 1. The molecule has 3 aromatic rings. The molecular weight excluding hydrogens is 392 g/mol. The highest BCUT2D eigenvalue weighted by atomic mass is 32.2. The number of hydrogen-bond acceptors (Lipinski definition) is 7. The Balaban J connectivity index is 1.86. The lowest BCUT2D eigenvalue weighted by atomic mass is 10.2. The number of nitrogens with zero attached hydrogens (tertiary/aromatic N) is 4. The topological polar surface area (TPSA) is 111 Å². The van der Waals surface area contributed by atoms with Crippen molar-refractivity contribution < 1.29 is 14.3 Å². The van der Waals surface area contributed by atoms with Gasteiger partial charge in [-0.15, -0.1) is 10.2 Å². The normalized spacial score (nSPS) is 10.4. The summed E-state index contributed by atoms with van der Waals surface area (Å²) in [6.07, 6.45) is 3.36. The van der Waals surface area contributed by atoms with E-state index in [9.17, 15) is 9.59 Å². The summed E-state index contributed by atoms with van der Waals surface area (Å²) in [7, 11) is 3.12. The van der Waals surface area contributed by atoms with Crippen LogP contribution < -0.4 is 15.4 Å². The number of pyridine rings is 1. The van der Waals surface area contributed by atoms with Crippen LogP contribution in [0.25, 0.3) is 17.1 Å². The molecule has 0 spiro atoms. The number of amides is 2. The smallest absolute Gasteiger partial charge is 0.239 e. The van der Waals surface area contributed by atoms with Crippen LogP contribution in [-0.4, -0.2) is 58.0 Å². The van der Waals surface area contributed by atoms with E-state index in [1.807, 2.05) is 41.0 Å². The summed E-state index contributed by atoms with van der Waals surface area (Å²) in [5.74, 6) is 0.931. The van der Waals surface area contributed by atoms with Crippen LogP contribution in [-0.2, 0) is 9.59 Å². The van der Waals surface area contributed by atoms with Crippen molar-refractivity contribution in [1.82, 2.24) is 30.4 Å². The third-order valence-corrected chi connectivity index (χ3v) is 4.89. The summed E-state index contributed by atoms with van der Waals surface area (Å²) >= 11 is 1.23. The Morgan fingerprint density at radius 3 is 2.45 bits per heavy atom. The molecule has 0 unspecified atom stereocenters. The lowest BCUT2D eigenvalue weighted by molar-refractivity contribution is -0.124. The Bertz CT molecular complexity index is 975. The second-order valence-corrected chi connectivity index (χ2v) is 6.76. The van der Waals surface area contributed by atoms with E-state index in [-0.39, 0.29) is 24.1 Å². The Labute approximate surface area is 171 Å². The number of rotatable bonds is 8. The van der Waals surface area contributed by atoms with Crippen molar-refractivity contribution in [3.05, 3.63) is 48.8 Å². The summed E-state index contributed by atoms with van der Waals surface area (Å²) in [5, 5.41) is 14.1. The number of nitrogens with one attached hydrogen (secondary N) is 2.